The van der Waals surface area contributed by atoms with Crippen molar-refractivity contribution in [2.75, 3.05) is 57.6 Å². The number of carbonyl (C=O) groups is 1. The zero-order valence-corrected chi connectivity index (χ0v) is 23.2. The Balaban J connectivity index is 1.26. The zero-order valence-electron chi connectivity index (χ0n) is 23.2. The molecule has 3 aromatic heterocycles. The molecule has 2 aromatic carbocycles. The summed E-state index contributed by atoms with van der Waals surface area (Å²) in [7, 11) is 3.68. The van der Waals surface area contributed by atoms with Crippen LogP contribution in [0.15, 0.2) is 48.8 Å². The van der Waals surface area contributed by atoms with E-state index in [9.17, 15) is 4.79 Å². The van der Waals surface area contributed by atoms with Gasteiger partial charge in [0.25, 0.3) is 0 Å². The average molecular weight is 558 g/mol. The summed E-state index contributed by atoms with van der Waals surface area (Å²) in [5.74, 6) is -0.454. The van der Waals surface area contributed by atoms with Crippen LogP contribution in [0.1, 0.15) is 5.69 Å². The van der Waals surface area contributed by atoms with Crippen LogP contribution in [0.3, 0.4) is 0 Å². The van der Waals surface area contributed by atoms with Gasteiger partial charge in [-0.2, -0.15) is 5.10 Å². The lowest BCUT2D eigenvalue weighted by atomic mass is 10.1. The molecule has 1 aliphatic rings. The first-order valence-corrected chi connectivity index (χ1v) is 13.5. The SMILES string of the molecule is COC[C@H](C(=O)Nc1cccc2c(-c3nc(Nc4ccc5c(C)[nH]nc5c4)ncc3F)c[nH]c12)N1CCN(C)CC1. The number of ether oxygens (including phenoxy) is 1. The summed E-state index contributed by atoms with van der Waals surface area (Å²) in [6, 6.07) is 10.8. The van der Waals surface area contributed by atoms with Crippen LogP contribution in [0.5, 0.6) is 0 Å². The van der Waals surface area contributed by atoms with Crippen molar-refractivity contribution in [2.24, 2.45) is 0 Å². The van der Waals surface area contributed by atoms with E-state index in [1.54, 1.807) is 13.3 Å². The number of aromatic nitrogens is 5. The zero-order chi connectivity index (χ0) is 28.5. The van der Waals surface area contributed by atoms with Crippen molar-refractivity contribution >= 4 is 45.0 Å². The Morgan fingerprint density at radius 3 is 2.80 bits per heavy atom. The van der Waals surface area contributed by atoms with Crippen LogP contribution in [0.25, 0.3) is 33.1 Å². The van der Waals surface area contributed by atoms with Crippen molar-refractivity contribution in [3.05, 3.63) is 60.3 Å². The Bertz CT molecular complexity index is 1710. The maximum atomic E-state index is 15.1. The molecule has 212 valence electrons. The summed E-state index contributed by atoms with van der Waals surface area (Å²) in [5.41, 5.74) is 4.50. The number of H-pyrrole nitrogens is 2. The fourth-order valence-electron chi connectivity index (χ4n) is 5.28. The van der Waals surface area contributed by atoms with E-state index in [0.29, 0.717) is 16.8 Å². The second-order valence-electron chi connectivity index (χ2n) is 10.3. The molecule has 1 aliphatic heterocycles. The lowest BCUT2D eigenvalue weighted by Gasteiger charge is -2.36. The molecular formula is C29H32FN9O2. The van der Waals surface area contributed by atoms with Gasteiger partial charge in [0.2, 0.25) is 11.9 Å². The van der Waals surface area contributed by atoms with Gasteiger partial charge in [-0.05, 0) is 38.2 Å². The number of piperazine rings is 1. The second-order valence-corrected chi connectivity index (χ2v) is 10.3. The molecule has 0 bridgehead atoms. The Labute approximate surface area is 236 Å². The molecule has 4 heterocycles. The molecule has 0 unspecified atom stereocenters. The number of carbonyl (C=O) groups excluding carboxylic acids is 1. The third kappa shape index (κ3) is 5.36. The molecule has 1 saturated heterocycles. The van der Waals surface area contributed by atoms with Crippen molar-refractivity contribution in [1.29, 1.82) is 0 Å². The van der Waals surface area contributed by atoms with Gasteiger partial charge >= 0.3 is 0 Å². The van der Waals surface area contributed by atoms with Gasteiger partial charge in [-0.1, -0.05) is 12.1 Å². The van der Waals surface area contributed by atoms with E-state index in [4.69, 9.17) is 4.74 Å². The first kappa shape index (κ1) is 26.8. The number of aromatic amines is 2. The summed E-state index contributed by atoms with van der Waals surface area (Å²) in [5, 5.41) is 15.2. The smallest absolute Gasteiger partial charge is 0.244 e. The third-order valence-electron chi connectivity index (χ3n) is 7.58. The predicted octanol–water partition coefficient (Wildman–Crippen LogP) is 3.89. The van der Waals surface area contributed by atoms with Gasteiger partial charge in [0.15, 0.2) is 5.82 Å². The van der Waals surface area contributed by atoms with E-state index in [-0.39, 0.29) is 24.2 Å². The first-order valence-electron chi connectivity index (χ1n) is 13.5. The monoisotopic (exact) mass is 557 g/mol. The molecule has 5 aromatic rings. The number of nitrogens with zero attached hydrogens (tertiary/aromatic N) is 5. The van der Waals surface area contributed by atoms with E-state index >= 15 is 4.39 Å². The first-order chi connectivity index (χ1) is 19.9. The van der Waals surface area contributed by atoms with Gasteiger partial charge in [-0.15, -0.1) is 0 Å². The predicted molar refractivity (Wildman–Crippen MR) is 157 cm³/mol. The molecule has 1 amide bonds. The molecule has 41 heavy (non-hydrogen) atoms. The van der Waals surface area contributed by atoms with Crippen molar-refractivity contribution in [3.63, 3.8) is 0 Å². The van der Waals surface area contributed by atoms with Crippen LogP contribution in [0.4, 0.5) is 21.7 Å². The molecular weight excluding hydrogens is 525 g/mol. The number of halogens is 1. The van der Waals surface area contributed by atoms with Crippen LogP contribution in [-0.4, -0.2) is 93.8 Å². The molecule has 11 nitrogen and oxygen atoms in total. The molecule has 1 atom stereocenters. The number of para-hydroxylation sites is 1. The molecule has 0 radical (unpaired) electrons. The minimum absolute atomic E-state index is 0.142. The van der Waals surface area contributed by atoms with Gasteiger partial charge in [0.1, 0.15) is 11.7 Å². The highest BCUT2D eigenvalue weighted by atomic mass is 19.1. The highest BCUT2D eigenvalue weighted by Gasteiger charge is 2.29. The second kappa shape index (κ2) is 11.2. The lowest BCUT2D eigenvalue weighted by molar-refractivity contribution is -0.124. The quantitative estimate of drug-likeness (QED) is 0.226. The molecule has 0 spiro atoms. The van der Waals surface area contributed by atoms with Gasteiger partial charge in [-0.25, -0.2) is 14.4 Å². The maximum Gasteiger partial charge on any atom is 0.244 e. The number of likely N-dealkylation sites (N-methyl/N-ethyl adjacent to an activating group) is 1. The summed E-state index contributed by atoms with van der Waals surface area (Å²) in [6.07, 6.45) is 2.85. The highest BCUT2D eigenvalue weighted by Crippen LogP contribution is 2.33. The van der Waals surface area contributed by atoms with E-state index in [0.717, 1.165) is 60.0 Å². The average Bonchev–Trinajstić information content (AvgIpc) is 3.57. The van der Waals surface area contributed by atoms with E-state index < -0.39 is 11.9 Å². The van der Waals surface area contributed by atoms with Gasteiger partial charge < -0.3 is 25.3 Å². The molecule has 4 N–H and O–H groups in total. The van der Waals surface area contributed by atoms with Crippen molar-refractivity contribution in [1.82, 2.24) is 34.9 Å². The number of hydrogen-bond acceptors (Lipinski definition) is 8. The van der Waals surface area contributed by atoms with E-state index in [1.165, 1.54) is 0 Å². The van der Waals surface area contributed by atoms with Crippen molar-refractivity contribution in [3.8, 4) is 11.3 Å². The molecule has 0 saturated carbocycles. The lowest BCUT2D eigenvalue weighted by Crippen LogP contribution is -2.54. The Morgan fingerprint density at radius 2 is 2.00 bits per heavy atom. The largest absolute Gasteiger partial charge is 0.383 e. The van der Waals surface area contributed by atoms with Gasteiger partial charge in [0, 0.05) is 67.2 Å². The topological polar surface area (TPSA) is 127 Å². The van der Waals surface area contributed by atoms with Crippen LogP contribution < -0.4 is 10.6 Å². The van der Waals surface area contributed by atoms with Crippen molar-refractivity contribution < 1.29 is 13.9 Å². The maximum absolute atomic E-state index is 15.1. The summed E-state index contributed by atoms with van der Waals surface area (Å²) in [6.45, 7) is 5.60. The number of fused-ring (bicyclic) bond motifs is 2. The molecule has 12 heteroatoms. The number of nitrogens with one attached hydrogen (secondary N) is 4. The van der Waals surface area contributed by atoms with Crippen molar-refractivity contribution in [2.45, 2.75) is 13.0 Å². The minimum atomic E-state index is -0.556. The normalized spacial score (nSPS) is 15.4. The minimum Gasteiger partial charge on any atom is -0.383 e. The fraction of sp³-hybridized carbons (Fsp3) is 0.310. The van der Waals surface area contributed by atoms with Crippen LogP contribution in [-0.2, 0) is 9.53 Å². The number of anilines is 3. The van der Waals surface area contributed by atoms with Gasteiger partial charge in [0.05, 0.1) is 29.5 Å². The van der Waals surface area contributed by atoms with Crippen LogP contribution >= 0.6 is 0 Å². The third-order valence-corrected chi connectivity index (χ3v) is 7.58. The number of hydrogen-bond donors (Lipinski definition) is 4. The number of amides is 1. The number of rotatable bonds is 8. The summed E-state index contributed by atoms with van der Waals surface area (Å²) in [4.78, 5) is 29.6. The highest BCUT2D eigenvalue weighted by molar-refractivity contribution is 6.06. The Kier molecular flexibility index (Phi) is 7.35. The fourth-order valence-corrected chi connectivity index (χ4v) is 5.28. The van der Waals surface area contributed by atoms with Gasteiger partial charge in [-0.3, -0.25) is 14.8 Å². The Hall–Kier alpha value is -4.39. The molecule has 6 rings (SSSR count). The van der Waals surface area contributed by atoms with E-state index in [1.807, 2.05) is 43.3 Å². The number of methoxy groups -OCH3 is 1. The Morgan fingerprint density at radius 1 is 1.17 bits per heavy atom. The number of aryl methyl sites for hydroxylation is 1. The van der Waals surface area contributed by atoms with Crippen LogP contribution in [0.2, 0.25) is 0 Å². The summed E-state index contributed by atoms with van der Waals surface area (Å²) >= 11 is 0. The molecule has 0 aliphatic carbocycles. The molecule has 1 fully saturated rings. The number of benzene rings is 2. The standard InChI is InChI=1S/C29H32FN9O2/c1-17-19-8-7-18(13-24(19)37-36-17)33-29-32-15-22(30)26(35-29)21-14-31-27-20(21)5-4-6-23(27)34-28(40)25(16-41-3)39-11-9-38(2)10-12-39/h4-8,13-15,25,31H,9-12,16H2,1-3H3,(H,34,40)(H,36,37)(H,32,33,35)/t25-/m1/s1. The van der Waals surface area contributed by atoms with E-state index in [2.05, 4.69) is 52.6 Å². The summed E-state index contributed by atoms with van der Waals surface area (Å²) < 4.78 is 20.5. The van der Waals surface area contributed by atoms with Crippen LogP contribution in [0, 0.1) is 12.7 Å².